The van der Waals surface area contributed by atoms with Crippen molar-refractivity contribution in [3.8, 4) is 5.75 Å². The highest BCUT2D eigenvalue weighted by Crippen LogP contribution is 2.30. The molecule has 3 rings (SSSR count). The number of nitrogens with one attached hydrogen (secondary N) is 2. The summed E-state index contributed by atoms with van der Waals surface area (Å²) in [6.45, 7) is 1.92. The third kappa shape index (κ3) is 4.70. The first-order valence-electron chi connectivity index (χ1n) is 9.04. The van der Waals surface area contributed by atoms with Gasteiger partial charge in [-0.1, -0.05) is 42.5 Å². The number of nitro benzene ring substituents is 1. The van der Waals surface area contributed by atoms with Crippen molar-refractivity contribution < 1.29 is 14.5 Å². The largest absolute Gasteiger partial charge is 0.495 e. The molecule has 148 valence electrons. The summed E-state index contributed by atoms with van der Waals surface area (Å²) in [5.41, 5.74) is 1.85. The van der Waals surface area contributed by atoms with E-state index in [4.69, 9.17) is 4.74 Å². The molecule has 0 heterocycles. The van der Waals surface area contributed by atoms with Gasteiger partial charge >= 0.3 is 0 Å². The van der Waals surface area contributed by atoms with Crippen LogP contribution in [-0.4, -0.2) is 17.9 Å². The Morgan fingerprint density at radius 2 is 1.69 bits per heavy atom. The molecule has 1 amide bonds. The summed E-state index contributed by atoms with van der Waals surface area (Å²) in [7, 11) is 1.50. The first-order valence-corrected chi connectivity index (χ1v) is 9.04. The molecule has 3 aromatic carbocycles. The summed E-state index contributed by atoms with van der Waals surface area (Å²) in [6.07, 6.45) is 0. The van der Waals surface area contributed by atoms with E-state index in [1.54, 1.807) is 36.4 Å². The number of ether oxygens (including phenoxy) is 1. The lowest BCUT2D eigenvalue weighted by Crippen LogP contribution is -2.14. The van der Waals surface area contributed by atoms with Crippen molar-refractivity contribution in [1.29, 1.82) is 0 Å². The highest BCUT2D eigenvalue weighted by molar-refractivity contribution is 6.05. The van der Waals surface area contributed by atoms with Crippen molar-refractivity contribution >= 4 is 23.0 Å². The minimum atomic E-state index is -0.500. The van der Waals surface area contributed by atoms with Gasteiger partial charge in [-0.3, -0.25) is 14.9 Å². The van der Waals surface area contributed by atoms with Gasteiger partial charge in [0.25, 0.3) is 11.6 Å². The third-order valence-electron chi connectivity index (χ3n) is 4.48. The smallest absolute Gasteiger partial charge is 0.293 e. The molecule has 0 fully saturated rings. The standard InChI is InChI=1S/C22H21N3O4/c1-15(16-8-4-3-5-9-16)23-18-13-12-17(14-20(18)25(27)28)22(26)24-19-10-6-7-11-21(19)29-2/h3-15,23H,1-2H3,(H,24,26)/t15-/m0/s1. The zero-order chi connectivity index (χ0) is 20.8. The molecule has 1 atom stereocenters. The molecule has 0 unspecified atom stereocenters. The topological polar surface area (TPSA) is 93.5 Å². The molecule has 0 aliphatic carbocycles. The van der Waals surface area contributed by atoms with Crippen LogP contribution >= 0.6 is 0 Å². The second-order valence-corrected chi connectivity index (χ2v) is 6.42. The number of anilines is 2. The van der Waals surface area contributed by atoms with Gasteiger partial charge in [0.1, 0.15) is 11.4 Å². The Labute approximate surface area is 168 Å². The Hall–Kier alpha value is -3.87. The van der Waals surface area contributed by atoms with Gasteiger partial charge in [-0.15, -0.1) is 0 Å². The van der Waals surface area contributed by atoms with Gasteiger partial charge in [0, 0.05) is 17.7 Å². The molecular weight excluding hydrogens is 370 g/mol. The number of methoxy groups -OCH3 is 1. The van der Waals surface area contributed by atoms with E-state index >= 15 is 0 Å². The van der Waals surface area contributed by atoms with Crippen LogP contribution in [0.2, 0.25) is 0 Å². The summed E-state index contributed by atoms with van der Waals surface area (Å²) in [5.74, 6) is 0.0468. The van der Waals surface area contributed by atoms with Crippen molar-refractivity contribution in [2.45, 2.75) is 13.0 Å². The molecule has 0 aromatic heterocycles. The molecule has 7 heteroatoms. The lowest BCUT2D eigenvalue weighted by Gasteiger charge is -2.16. The van der Waals surface area contributed by atoms with Crippen molar-refractivity contribution in [3.05, 3.63) is 94.0 Å². The van der Waals surface area contributed by atoms with Crippen LogP contribution < -0.4 is 15.4 Å². The average Bonchev–Trinajstić information content (AvgIpc) is 2.74. The summed E-state index contributed by atoms with van der Waals surface area (Å²) >= 11 is 0. The highest BCUT2D eigenvalue weighted by atomic mass is 16.6. The Balaban J connectivity index is 1.84. The van der Waals surface area contributed by atoms with Gasteiger partial charge in [-0.05, 0) is 36.8 Å². The molecule has 2 N–H and O–H groups in total. The maximum Gasteiger partial charge on any atom is 0.293 e. The predicted molar refractivity (Wildman–Crippen MR) is 113 cm³/mol. The zero-order valence-corrected chi connectivity index (χ0v) is 16.1. The van der Waals surface area contributed by atoms with E-state index in [1.807, 2.05) is 37.3 Å². The van der Waals surface area contributed by atoms with Crippen LogP contribution in [0.4, 0.5) is 17.1 Å². The predicted octanol–water partition coefficient (Wildman–Crippen LogP) is 5.03. The number of nitro groups is 1. The fourth-order valence-electron chi connectivity index (χ4n) is 2.95. The first-order chi connectivity index (χ1) is 14.0. The summed E-state index contributed by atoms with van der Waals surface area (Å²) in [6, 6.07) is 20.8. The van der Waals surface area contributed by atoms with E-state index in [1.165, 1.54) is 13.2 Å². The van der Waals surface area contributed by atoms with Crippen molar-refractivity contribution in [1.82, 2.24) is 0 Å². The highest BCUT2D eigenvalue weighted by Gasteiger charge is 2.20. The van der Waals surface area contributed by atoms with Gasteiger partial charge in [0.15, 0.2) is 0 Å². The van der Waals surface area contributed by atoms with Gasteiger partial charge in [-0.2, -0.15) is 0 Å². The van der Waals surface area contributed by atoms with E-state index in [0.717, 1.165) is 5.56 Å². The molecule has 0 saturated heterocycles. The number of carbonyl (C=O) groups is 1. The van der Waals surface area contributed by atoms with E-state index in [2.05, 4.69) is 10.6 Å². The van der Waals surface area contributed by atoms with E-state index < -0.39 is 10.8 Å². The second kappa shape index (κ2) is 8.88. The summed E-state index contributed by atoms with van der Waals surface area (Å²) < 4.78 is 5.22. The van der Waals surface area contributed by atoms with E-state index in [0.29, 0.717) is 17.1 Å². The number of benzene rings is 3. The Morgan fingerprint density at radius 3 is 2.38 bits per heavy atom. The average molecular weight is 391 g/mol. The van der Waals surface area contributed by atoms with Crippen LogP contribution in [-0.2, 0) is 0 Å². The molecule has 0 radical (unpaired) electrons. The molecule has 3 aromatic rings. The fourth-order valence-corrected chi connectivity index (χ4v) is 2.95. The van der Waals surface area contributed by atoms with Gasteiger partial charge in [0.2, 0.25) is 0 Å². The fraction of sp³-hybridized carbons (Fsp3) is 0.136. The lowest BCUT2D eigenvalue weighted by atomic mass is 10.1. The Kier molecular flexibility index (Phi) is 6.09. The van der Waals surface area contributed by atoms with Crippen molar-refractivity contribution in [2.24, 2.45) is 0 Å². The van der Waals surface area contributed by atoms with Crippen molar-refractivity contribution in [3.63, 3.8) is 0 Å². The van der Waals surface area contributed by atoms with Crippen LogP contribution in [0.15, 0.2) is 72.8 Å². The first kappa shape index (κ1) is 19.9. The van der Waals surface area contributed by atoms with Crippen LogP contribution in [0.3, 0.4) is 0 Å². The number of para-hydroxylation sites is 2. The number of nitrogens with zero attached hydrogens (tertiary/aromatic N) is 1. The van der Waals surface area contributed by atoms with E-state index in [-0.39, 0.29) is 17.3 Å². The molecule has 0 spiro atoms. The number of hydrogen-bond acceptors (Lipinski definition) is 5. The van der Waals surface area contributed by atoms with Gasteiger partial charge in [0.05, 0.1) is 17.7 Å². The van der Waals surface area contributed by atoms with Crippen LogP contribution in [0.1, 0.15) is 28.9 Å². The molecule has 29 heavy (non-hydrogen) atoms. The molecule has 0 saturated carbocycles. The molecule has 0 aliphatic heterocycles. The lowest BCUT2D eigenvalue weighted by molar-refractivity contribution is -0.384. The molecule has 7 nitrogen and oxygen atoms in total. The SMILES string of the molecule is COc1ccccc1NC(=O)c1ccc(N[C@@H](C)c2ccccc2)c([N+](=O)[O-])c1. The number of hydrogen-bond donors (Lipinski definition) is 2. The Bertz CT molecular complexity index is 1020. The molecular formula is C22H21N3O4. The van der Waals surface area contributed by atoms with Gasteiger partial charge < -0.3 is 15.4 Å². The minimum Gasteiger partial charge on any atom is -0.495 e. The third-order valence-corrected chi connectivity index (χ3v) is 4.48. The Morgan fingerprint density at radius 1 is 1.00 bits per heavy atom. The maximum absolute atomic E-state index is 12.6. The number of carbonyl (C=O) groups excluding carboxylic acids is 1. The van der Waals surface area contributed by atoms with Crippen LogP contribution in [0, 0.1) is 10.1 Å². The normalized spacial score (nSPS) is 11.4. The van der Waals surface area contributed by atoms with Gasteiger partial charge in [-0.25, -0.2) is 0 Å². The second-order valence-electron chi connectivity index (χ2n) is 6.42. The monoisotopic (exact) mass is 391 g/mol. The summed E-state index contributed by atoms with van der Waals surface area (Å²) in [4.78, 5) is 23.7. The van der Waals surface area contributed by atoms with E-state index in [9.17, 15) is 14.9 Å². The van der Waals surface area contributed by atoms with Crippen molar-refractivity contribution in [2.75, 3.05) is 17.7 Å². The van der Waals surface area contributed by atoms with Crippen LogP contribution in [0.5, 0.6) is 5.75 Å². The molecule has 0 aliphatic rings. The quantitative estimate of drug-likeness (QED) is 0.435. The number of amides is 1. The molecule has 0 bridgehead atoms. The maximum atomic E-state index is 12.6. The minimum absolute atomic E-state index is 0.136. The van der Waals surface area contributed by atoms with Crippen LogP contribution in [0.25, 0.3) is 0 Å². The summed E-state index contributed by atoms with van der Waals surface area (Å²) in [5, 5.41) is 17.5. The number of rotatable bonds is 7. The zero-order valence-electron chi connectivity index (χ0n) is 16.1.